The number of halogens is 2. The Bertz CT molecular complexity index is 431. The molecule has 0 saturated carbocycles. The Balaban J connectivity index is 3.22. The van der Waals surface area contributed by atoms with Crippen molar-refractivity contribution < 1.29 is 14.7 Å². The van der Waals surface area contributed by atoms with Crippen LogP contribution in [0.2, 0.25) is 0 Å². The predicted molar refractivity (Wildman–Crippen MR) is 64.8 cm³/mol. The van der Waals surface area contributed by atoms with Crippen molar-refractivity contribution in [1.82, 2.24) is 0 Å². The van der Waals surface area contributed by atoms with Gasteiger partial charge in [-0.05, 0) is 24.1 Å². The SMILES string of the molecule is CC(=O)C(Cl)c1c(Br)cccc1CC(=O)O. The molecule has 0 spiro atoms. The van der Waals surface area contributed by atoms with E-state index in [0.29, 0.717) is 15.6 Å². The molecule has 0 radical (unpaired) electrons. The van der Waals surface area contributed by atoms with Gasteiger partial charge in [0.15, 0.2) is 5.78 Å². The van der Waals surface area contributed by atoms with Crippen molar-refractivity contribution >= 4 is 39.3 Å². The summed E-state index contributed by atoms with van der Waals surface area (Å²) in [4.78, 5) is 21.9. The standard InChI is InChI=1S/C11H10BrClO3/c1-6(14)11(13)10-7(5-9(15)16)3-2-4-8(10)12/h2-4,11H,5H2,1H3,(H,15,16). The smallest absolute Gasteiger partial charge is 0.307 e. The number of carboxylic acid groups (broad SMARTS) is 1. The third-order valence-electron chi connectivity index (χ3n) is 2.10. The fraction of sp³-hybridized carbons (Fsp3) is 0.273. The number of aliphatic carboxylic acids is 1. The molecular formula is C11H10BrClO3. The van der Waals surface area contributed by atoms with Gasteiger partial charge < -0.3 is 5.11 Å². The first-order chi connectivity index (χ1) is 7.43. The molecule has 0 aliphatic heterocycles. The van der Waals surface area contributed by atoms with E-state index in [9.17, 15) is 9.59 Å². The number of carbonyl (C=O) groups excluding carboxylic acids is 1. The van der Waals surface area contributed by atoms with Crippen LogP contribution >= 0.6 is 27.5 Å². The number of ketones is 1. The molecule has 1 N–H and O–H groups in total. The third-order valence-corrected chi connectivity index (χ3v) is 3.31. The van der Waals surface area contributed by atoms with Gasteiger partial charge in [-0.25, -0.2) is 0 Å². The number of carboxylic acids is 1. The first kappa shape index (κ1) is 13.2. The highest BCUT2D eigenvalue weighted by Crippen LogP contribution is 2.32. The first-order valence-electron chi connectivity index (χ1n) is 4.57. The molecule has 0 heterocycles. The summed E-state index contributed by atoms with van der Waals surface area (Å²) in [6, 6.07) is 5.11. The van der Waals surface area contributed by atoms with E-state index in [1.165, 1.54) is 6.92 Å². The highest BCUT2D eigenvalue weighted by molar-refractivity contribution is 9.10. The zero-order valence-electron chi connectivity index (χ0n) is 8.54. The monoisotopic (exact) mass is 304 g/mol. The van der Waals surface area contributed by atoms with Gasteiger partial charge >= 0.3 is 5.97 Å². The molecule has 5 heteroatoms. The Hall–Kier alpha value is -0.870. The van der Waals surface area contributed by atoms with Crippen molar-refractivity contribution in [1.29, 1.82) is 0 Å². The first-order valence-corrected chi connectivity index (χ1v) is 5.80. The van der Waals surface area contributed by atoms with Crippen molar-refractivity contribution in [3.63, 3.8) is 0 Å². The van der Waals surface area contributed by atoms with Gasteiger partial charge in [0, 0.05) is 4.47 Å². The van der Waals surface area contributed by atoms with E-state index in [1.807, 2.05) is 0 Å². The molecule has 16 heavy (non-hydrogen) atoms. The van der Waals surface area contributed by atoms with Gasteiger partial charge in [-0.2, -0.15) is 0 Å². The highest BCUT2D eigenvalue weighted by Gasteiger charge is 2.20. The van der Waals surface area contributed by atoms with Crippen molar-refractivity contribution in [2.75, 3.05) is 0 Å². The van der Waals surface area contributed by atoms with Gasteiger partial charge in [0.1, 0.15) is 5.38 Å². The number of benzene rings is 1. The number of rotatable bonds is 4. The van der Waals surface area contributed by atoms with E-state index in [0.717, 1.165) is 0 Å². The zero-order valence-corrected chi connectivity index (χ0v) is 10.9. The molecule has 86 valence electrons. The van der Waals surface area contributed by atoms with Crippen LogP contribution in [0.1, 0.15) is 23.4 Å². The molecule has 0 fully saturated rings. The summed E-state index contributed by atoms with van der Waals surface area (Å²) >= 11 is 9.24. The van der Waals surface area contributed by atoms with E-state index >= 15 is 0 Å². The van der Waals surface area contributed by atoms with Crippen LogP contribution in [0.15, 0.2) is 22.7 Å². The summed E-state index contributed by atoms with van der Waals surface area (Å²) in [5.74, 6) is -1.16. The second-order valence-corrected chi connectivity index (χ2v) is 4.65. The molecule has 0 amide bonds. The molecule has 1 aromatic carbocycles. The van der Waals surface area contributed by atoms with Crippen LogP contribution in [0.25, 0.3) is 0 Å². The Labute approximate surface area is 107 Å². The van der Waals surface area contributed by atoms with Gasteiger partial charge in [-0.1, -0.05) is 28.1 Å². The predicted octanol–water partition coefficient (Wildman–Crippen LogP) is 2.95. The lowest BCUT2D eigenvalue weighted by molar-refractivity contribution is -0.136. The maximum absolute atomic E-state index is 11.2. The van der Waals surface area contributed by atoms with Crippen LogP contribution in [0.4, 0.5) is 0 Å². The summed E-state index contributed by atoms with van der Waals surface area (Å²) in [5, 5.41) is 7.94. The van der Waals surface area contributed by atoms with Crippen molar-refractivity contribution in [3.8, 4) is 0 Å². The minimum atomic E-state index is -0.952. The number of Topliss-reactive ketones (excluding diaryl/α,β-unsaturated/α-hetero) is 1. The number of hydrogen-bond donors (Lipinski definition) is 1. The fourth-order valence-electron chi connectivity index (χ4n) is 1.39. The quantitative estimate of drug-likeness (QED) is 0.870. The van der Waals surface area contributed by atoms with Gasteiger partial charge in [0.05, 0.1) is 6.42 Å². The molecule has 0 bridgehead atoms. The molecule has 1 unspecified atom stereocenters. The number of alkyl halides is 1. The van der Waals surface area contributed by atoms with Crippen LogP contribution in [0.5, 0.6) is 0 Å². The van der Waals surface area contributed by atoms with Crippen LogP contribution in [-0.2, 0) is 16.0 Å². The van der Waals surface area contributed by atoms with E-state index < -0.39 is 11.3 Å². The maximum Gasteiger partial charge on any atom is 0.307 e. The molecule has 0 aliphatic rings. The van der Waals surface area contributed by atoms with Crippen molar-refractivity contribution in [2.45, 2.75) is 18.7 Å². The van der Waals surface area contributed by atoms with Crippen molar-refractivity contribution in [3.05, 3.63) is 33.8 Å². The Morgan fingerprint density at radius 2 is 2.12 bits per heavy atom. The summed E-state index contributed by atoms with van der Waals surface area (Å²) in [6.07, 6.45) is -0.148. The summed E-state index contributed by atoms with van der Waals surface area (Å²) < 4.78 is 0.654. The van der Waals surface area contributed by atoms with Gasteiger partial charge in [-0.3, -0.25) is 9.59 Å². The summed E-state index contributed by atoms with van der Waals surface area (Å²) in [6.45, 7) is 1.38. The lowest BCUT2D eigenvalue weighted by Gasteiger charge is -2.13. The summed E-state index contributed by atoms with van der Waals surface area (Å²) in [7, 11) is 0. The molecule has 0 saturated heterocycles. The van der Waals surface area contributed by atoms with Crippen LogP contribution in [-0.4, -0.2) is 16.9 Å². The van der Waals surface area contributed by atoms with E-state index in [1.54, 1.807) is 18.2 Å². The normalized spacial score (nSPS) is 12.2. The van der Waals surface area contributed by atoms with Crippen molar-refractivity contribution in [2.24, 2.45) is 0 Å². The van der Waals surface area contributed by atoms with Gasteiger partial charge in [-0.15, -0.1) is 11.6 Å². The summed E-state index contributed by atoms with van der Waals surface area (Å²) in [5.41, 5.74) is 1.09. The lowest BCUT2D eigenvalue weighted by atomic mass is 10.00. The number of hydrogen-bond acceptors (Lipinski definition) is 2. The van der Waals surface area contributed by atoms with Crippen LogP contribution in [0.3, 0.4) is 0 Å². The topological polar surface area (TPSA) is 54.4 Å². The molecule has 1 rings (SSSR count). The van der Waals surface area contributed by atoms with Crippen LogP contribution < -0.4 is 0 Å². The van der Waals surface area contributed by atoms with Gasteiger partial charge in [0.2, 0.25) is 0 Å². The second-order valence-electron chi connectivity index (χ2n) is 3.36. The maximum atomic E-state index is 11.2. The lowest BCUT2D eigenvalue weighted by Crippen LogP contribution is -2.09. The minimum Gasteiger partial charge on any atom is -0.481 e. The minimum absolute atomic E-state index is 0.148. The largest absolute Gasteiger partial charge is 0.481 e. The third kappa shape index (κ3) is 3.06. The Morgan fingerprint density at radius 3 is 2.62 bits per heavy atom. The van der Waals surface area contributed by atoms with E-state index in [-0.39, 0.29) is 12.2 Å². The Kier molecular flexibility index (Phi) is 4.50. The average molecular weight is 306 g/mol. The molecule has 1 atom stereocenters. The molecule has 0 aromatic heterocycles. The highest BCUT2D eigenvalue weighted by atomic mass is 79.9. The van der Waals surface area contributed by atoms with Gasteiger partial charge in [0.25, 0.3) is 0 Å². The van der Waals surface area contributed by atoms with Crippen LogP contribution in [0, 0.1) is 0 Å². The molecule has 3 nitrogen and oxygen atoms in total. The fourth-order valence-corrected chi connectivity index (χ4v) is 2.41. The Morgan fingerprint density at radius 1 is 1.50 bits per heavy atom. The molecule has 0 aliphatic carbocycles. The van der Waals surface area contributed by atoms with E-state index in [2.05, 4.69) is 15.9 Å². The molecular weight excluding hydrogens is 295 g/mol. The van der Waals surface area contributed by atoms with E-state index in [4.69, 9.17) is 16.7 Å². The molecule has 1 aromatic rings. The average Bonchev–Trinajstić information content (AvgIpc) is 2.16. The number of carbonyl (C=O) groups is 2. The second kappa shape index (κ2) is 5.46. The zero-order chi connectivity index (χ0) is 12.3.